The topological polar surface area (TPSA) is 69.0 Å². The van der Waals surface area contributed by atoms with Crippen molar-refractivity contribution >= 4 is 33.6 Å². The number of hydrogen-bond acceptors (Lipinski definition) is 5. The molecule has 0 spiro atoms. The molecule has 1 aromatic heterocycles. The summed E-state index contributed by atoms with van der Waals surface area (Å²) in [6, 6.07) is 7.90. The largest absolute Gasteiger partial charge is 0.376 e. The molecule has 1 aliphatic rings. The Labute approximate surface area is 165 Å². The van der Waals surface area contributed by atoms with Crippen molar-refractivity contribution in [2.24, 2.45) is 0 Å². The average molecular weight is 437 g/mol. The van der Waals surface area contributed by atoms with Crippen LogP contribution >= 0.6 is 27.7 Å². The van der Waals surface area contributed by atoms with E-state index in [1.54, 1.807) is 6.08 Å². The molecule has 1 amide bonds. The van der Waals surface area contributed by atoms with E-state index < -0.39 is 0 Å². The summed E-state index contributed by atoms with van der Waals surface area (Å²) in [5.41, 5.74) is 0.970. The molecule has 1 saturated heterocycles. The molecule has 0 aliphatic carbocycles. The first-order chi connectivity index (χ1) is 12.7. The Balaban J connectivity index is 1.62. The van der Waals surface area contributed by atoms with Crippen LogP contribution in [0.3, 0.4) is 0 Å². The number of carbonyl (C=O) groups is 1. The first-order valence-electron chi connectivity index (χ1n) is 8.48. The number of ether oxygens (including phenoxy) is 1. The highest BCUT2D eigenvalue weighted by molar-refractivity contribution is 9.10. The molecular weight excluding hydrogens is 416 g/mol. The zero-order chi connectivity index (χ0) is 18.4. The van der Waals surface area contributed by atoms with Crippen LogP contribution in [0.2, 0.25) is 0 Å². The lowest BCUT2D eigenvalue weighted by atomic mass is 10.2. The van der Waals surface area contributed by atoms with Crippen LogP contribution in [0.1, 0.15) is 12.8 Å². The first kappa shape index (κ1) is 19.1. The summed E-state index contributed by atoms with van der Waals surface area (Å²) in [6.45, 7) is 5.75. The predicted octanol–water partition coefficient (Wildman–Crippen LogP) is 3.28. The Morgan fingerprint density at radius 3 is 2.92 bits per heavy atom. The molecule has 1 atom stereocenters. The number of aromatic nitrogens is 3. The van der Waals surface area contributed by atoms with Crippen molar-refractivity contribution in [2.75, 3.05) is 18.9 Å². The van der Waals surface area contributed by atoms with Crippen molar-refractivity contribution < 1.29 is 9.53 Å². The molecule has 0 saturated carbocycles. The van der Waals surface area contributed by atoms with Gasteiger partial charge in [-0.2, -0.15) is 0 Å². The van der Waals surface area contributed by atoms with Crippen LogP contribution in [0.15, 0.2) is 46.5 Å². The Kier molecular flexibility index (Phi) is 6.87. The molecule has 3 rings (SSSR count). The normalized spacial score (nSPS) is 16.6. The zero-order valence-corrected chi connectivity index (χ0v) is 16.8. The van der Waals surface area contributed by atoms with Gasteiger partial charge in [-0.05, 0) is 25.0 Å². The van der Waals surface area contributed by atoms with Crippen molar-refractivity contribution in [3.05, 3.63) is 41.4 Å². The summed E-state index contributed by atoms with van der Waals surface area (Å²) in [6.07, 6.45) is 4.03. The molecule has 8 heteroatoms. The van der Waals surface area contributed by atoms with Crippen molar-refractivity contribution in [2.45, 2.75) is 30.6 Å². The zero-order valence-electron chi connectivity index (χ0n) is 14.4. The molecule has 138 valence electrons. The van der Waals surface area contributed by atoms with Crippen molar-refractivity contribution in [1.82, 2.24) is 20.1 Å². The van der Waals surface area contributed by atoms with Crippen LogP contribution < -0.4 is 5.32 Å². The van der Waals surface area contributed by atoms with Gasteiger partial charge in [0.25, 0.3) is 0 Å². The standard InChI is InChI=1S/C18H21BrN4O2S/c1-2-9-23-17(13-5-7-14(19)8-6-13)21-22-18(23)26-12-16(24)20-11-15-4-3-10-25-15/h2,5-8,15H,1,3-4,9-12H2,(H,20,24). The van der Waals surface area contributed by atoms with E-state index in [-0.39, 0.29) is 12.0 Å². The number of halogens is 1. The first-order valence-corrected chi connectivity index (χ1v) is 10.3. The smallest absolute Gasteiger partial charge is 0.230 e. The third-order valence-corrected chi connectivity index (χ3v) is 5.51. The third-order valence-electron chi connectivity index (χ3n) is 4.01. The summed E-state index contributed by atoms with van der Waals surface area (Å²) < 4.78 is 8.49. The van der Waals surface area contributed by atoms with Gasteiger partial charge in [0.15, 0.2) is 11.0 Å². The molecule has 1 fully saturated rings. The molecule has 1 N–H and O–H groups in total. The lowest BCUT2D eigenvalue weighted by molar-refractivity contribution is -0.119. The summed E-state index contributed by atoms with van der Waals surface area (Å²) >= 11 is 4.81. The van der Waals surface area contributed by atoms with Crippen LogP contribution in [0, 0.1) is 0 Å². The lowest BCUT2D eigenvalue weighted by Crippen LogP contribution is -2.32. The van der Waals surface area contributed by atoms with Crippen LogP contribution in [0.4, 0.5) is 0 Å². The quantitative estimate of drug-likeness (QED) is 0.507. The van der Waals surface area contributed by atoms with Gasteiger partial charge in [-0.3, -0.25) is 9.36 Å². The highest BCUT2D eigenvalue weighted by Crippen LogP contribution is 2.25. The van der Waals surface area contributed by atoms with Crippen LogP contribution in [-0.4, -0.2) is 45.7 Å². The maximum absolute atomic E-state index is 12.1. The fourth-order valence-electron chi connectivity index (χ4n) is 2.72. The monoisotopic (exact) mass is 436 g/mol. The molecule has 1 aromatic carbocycles. The van der Waals surface area contributed by atoms with E-state index in [9.17, 15) is 4.79 Å². The third kappa shape index (κ3) is 4.96. The number of hydrogen-bond donors (Lipinski definition) is 1. The van der Waals surface area contributed by atoms with E-state index in [2.05, 4.69) is 38.0 Å². The molecule has 26 heavy (non-hydrogen) atoms. The van der Waals surface area contributed by atoms with Gasteiger partial charge < -0.3 is 10.1 Å². The SMILES string of the molecule is C=CCn1c(SCC(=O)NCC2CCCO2)nnc1-c1ccc(Br)cc1. The molecule has 6 nitrogen and oxygen atoms in total. The van der Waals surface area contributed by atoms with Gasteiger partial charge in [0.05, 0.1) is 11.9 Å². The van der Waals surface area contributed by atoms with Gasteiger partial charge >= 0.3 is 0 Å². The molecule has 0 radical (unpaired) electrons. The number of nitrogens with one attached hydrogen (secondary N) is 1. The summed E-state index contributed by atoms with van der Waals surface area (Å²) in [5.74, 6) is 1.03. The summed E-state index contributed by atoms with van der Waals surface area (Å²) in [7, 11) is 0. The van der Waals surface area contributed by atoms with Gasteiger partial charge in [-0.1, -0.05) is 45.9 Å². The van der Waals surface area contributed by atoms with Crippen molar-refractivity contribution in [3.8, 4) is 11.4 Å². The van der Waals surface area contributed by atoms with E-state index in [4.69, 9.17) is 4.74 Å². The Morgan fingerprint density at radius 2 is 2.23 bits per heavy atom. The summed E-state index contributed by atoms with van der Waals surface area (Å²) in [5, 5.41) is 12.2. The Bertz CT molecular complexity index is 757. The Morgan fingerprint density at radius 1 is 1.42 bits per heavy atom. The minimum Gasteiger partial charge on any atom is -0.376 e. The second-order valence-corrected chi connectivity index (χ2v) is 7.80. The minimum absolute atomic E-state index is 0.0242. The van der Waals surface area contributed by atoms with Crippen molar-refractivity contribution in [1.29, 1.82) is 0 Å². The average Bonchev–Trinajstić information content (AvgIpc) is 3.29. The predicted molar refractivity (Wildman–Crippen MR) is 106 cm³/mol. The minimum atomic E-state index is -0.0242. The Hall–Kier alpha value is -1.64. The van der Waals surface area contributed by atoms with E-state index >= 15 is 0 Å². The van der Waals surface area contributed by atoms with E-state index in [0.717, 1.165) is 35.3 Å². The van der Waals surface area contributed by atoms with Gasteiger partial charge in [-0.25, -0.2) is 0 Å². The van der Waals surface area contributed by atoms with Gasteiger partial charge in [-0.15, -0.1) is 16.8 Å². The number of thioether (sulfide) groups is 1. The maximum atomic E-state index is 12.1. The maximum Gasteiger partial charge on any atom is 0.230 e. The molecule has 1 unspecified atom stereocenters. The fourth-order valence-corrected chi connectivity index (χ4v) is 3.76. The van der Waals surface area contributed by atoms with Gasteiger partial charge in [0, 0.05) is 29.7 Å². The van der Waals surface area contributed by atoms with E-state index in [1.807, 2.05) is 28.8 Å². The van der Waals surface area contributed by atoms with Gasteiger partial charge in [0.1, 0.15) is 0 Å². The number of benzene rings is 1. The van der Waals surface area contributed by atoms with Crippen LogP contribution in [0.5, 0.6) is 0 Å². The summed E-state index contributed by atoms with van der Waals surface area (Å²) in [4.78, 5) is 12.1. The van der Waals surface area contributed by atoms with E-state index in [0.29, 0.717) is 24.0 Å². The second kappa shape index (κ2) is 9.34. The number of nitrogens with zero attached hydrogens (tertiary/aromatic N) is 3. The molecule has 2 aromatic rings. The molecular formula is C18H21BrN4O2S. The van der Waals surface area contributed by atoms with Gasteiger partial charge in [0.2, 0.25) is 5.91 Å². The highest BCUT2D eigenvalue weighted by Gasteiger charge is 2.18. The van der Waals surface area contributed by atoms with Crippen LogP contribution in [-0.2, 0) is 16.1 Å². The van der Waals surface area contributed by atoms with Crippen molar-refractivity contribution in [3.63, 3.8) is 0 Å². The number of amides is 1. The highest BCUT2D eigenvalue weighted by atomic mass is 79.9. The molecule has 0 bridgehead atoms. The lowest BCUT2D eigenvalue weighted by Gasteiger charge is -2.11. The fraction of sp³-hybridized carbons (Fsp3) is 0.389. The second-order valence-electron chi connectivity index (χ2n) is 5.94. The van der Waals surface area contributed by atoms with E-state index in [1.165, 1.54) is 11.8 Å². The number of rotatable bonds is 8. The molecule has 1 aliphatic heterocycles. The number of carbonyl (C=O) groups excluding carboxylic acids is 1. The number of allylic oxidation sites excluding steroid dienone is 1. The molecule has 2 heterocycles. The van der Waals surface area contributed by atoms with Crippen LogP contribution in [0.25, 0.3) is 11.4 Å².